The van der Waals surface area contributed by atoms with Gasteiger partial charge in [-0.1, -0.05) is 127 Å². The normalized spacial score (nSPS) is 15.0. The van der Waals surface area contributed by atoms with Crippen LogP contribution in [0.3, 0.4) is 0 Å². The van der Waals surface area contributed by atoms with Gasteiger partial charge in [0.15, 0.2) is 0 Å². The number of rotatable bonds is 11. The predicted molar refractivity (Wildman–Crippen MR) is 225 cm³/mol. The zero-order chi connectivity index (χ0) is 36.2. The second-order valence-corrected chi connectivity index (χ2v) is 13.5. The fraction of sp³-hybridized carbons (Fsp3) is 0.146. The molecule has 51 heavy (non-hydrogen) atoms. The number of anilines is 2. The van der Waals surface area contributed by atoms with Crippen LogP contribution >= 0.6 is 11.8 Å². The van der Waals surface area contributed by atoms with Crippen LogP contribution < -0.4 is 9.64 Å². The van der Waals surface area contributed by atoms with E-state index in [9.17, 15) is 0 Å². The summed E-state index contributed by atoms with van der Waals surface area (Å²) in [7, 11) is 0. The molecule has 1 heterocycles. The first-order valence-electron chi connectivity index (χ1n) is 17.3. The molecule has 0 N–H and O–H groups in total. The third kappa shape index (κ3) is 9.41. The van der Waals surface area contributed by atoms with E-state index >= 15 is 0 Å². The fourth-order valence-corrected chi connectivity index (χ4v) is 6.60. The molecular formula is C48H47NOS. The van der Waals surface area contributed by atoms with E-state index in [0.717, 1.165) is 51.5 Å². The van der Waals surface area contributed by atoms with Gasteiger partial charge in [-0.05, 0) is 123 Å². The minimum Gasteiger partial charge on any atom is -0.488 e. The molecule has 0 aliphatic carbocycles. The van der Waals surface area contributed by atoms with Crippen molar-refractivity contribution >= 4 is 39.5 Å². The first kappa shape index (κ1) is 36.8. The maximum Gasteiger partial charge on any atom is 0.127 e. The zero-order valence-corrected chi connectivity index (χ0v) is 31.3. The summed E-state index contributed by atoms with van der Waals surface area (Å²) in [5, 5.41) is 4.30. The number of thioether (sulfide) groups is 1. The molecule has 1 aliphatic heterocycles. The number of hydrogen-bond acceptors (Lipinski definition) is 3. The summed E-state index contributed by atoms with van der Waals surface area (Å²) >= 11 is 1.67. The van der Waals surface area contributed by atoms with Gasteiger partial charge in [-0.3, -0.25) is 0 Å². The quantitative estimate of drug-likeness (QED) is 0.115. The number of nitrogens with zero attached hydrogens (tertiary/aromatic N) is 1. The van der Waals surface area contributed by atoms with Gasteiger partial charge in [-0.25, -0.2) is 0 Å². The van der Waals surface area contributed by atoms with Gasteiger partial charge in [-0.2, -0.15) is 0 Å². The monoisotopic (exact) mass is 685 g/mol. The molecule has 3 heteroatoms. The molecule has 0 unspecified atom stereocenters. The van der Waals surface area contributed by atoms with Crippen LogP contribution in [0.25, 0.3) is 27.5 Å². The molecule has 2 nitrogen and oxygen atoms in total. The highest BCUT2D eigenvalue weighted by Gasteiger charge is 2.15. The third-order valence-electron chi connectivity index (χ3n) is 8.93. The first-order valence-corrected chi connectivity index (χ1v) is 18.2. The Bertz CT molecular complexity index is 2160. The summed E-state index contributed by atoms with van der Waals surface area (Å²) in [5.41, 5.74) is 14.4. The van der Waals surface area contributed by atoms with Crippen molar-refractivity contribution in [2.75, 3.05) is 11.5 Å². The molecule has 0 fully saturated rings. The molecule has 0 saturated carbocycles. The molecule has 0 spiro atoms. The SMILES string of the molecule is C=CSC(/C=C\C)=C(/C)C/C=C(C)/C(C)=C/C=C(\C)N(c1ccc(-c2ccc3c(c2)C(=C)/C=C\C=C=CCO3)cc1)c1cccc2ccccc12. The van der Waals surface area contributed by atoms with Gasteiger partial charge in [0.1, 0.15) is 12.4 Å². The molecular weight excluding hydrogens is 639 g/mol. The van der Waals surface area contributed by atoms with E-state index in [-0.39, 0.29) is 0 Å². The van der Waals surface area contributed by atoms with Crippen molar-refractivity contribution in [3.05, 3.63) is 197 Å². The Labute approximate surface area is 309 Å². The number of fused-ring (bicyclic) bond motifs is 2. The molecule has 0 atom stereocenters. The van der Waals surface area contributed by atoms with E-state index in [4.69, 9.17) is 4.74 Å². The van der Waals surface area contributed by atoms with Crippen LogP contribution in [-0.4, -0.2) is 6.61 Å². The zero-order valence-electron chi connectivity index (χ0n) is 30.4. The van der Waals surface area contributed by atoms with Crippen LogP contribution in [0.15, 0.2) is 191 Å². The van der Waals surface area contributed by atoms with Crippen molar-refractivity contribution in [2.45, 2.75) is 41.0 Å². The van der Waals surface area contributed by atoms with E-state index in [1.165, 1.54) is 32.4 Å². The fourth-order valence-electron chi connectivity index (χ4n) is 5.93. The molecule has 0 saturated heterocycles. The smallest absolute Gasteiger partial charge is 0.127 e. The van der Waals surface area contributed by atoms with Crippen molar-refractivity contribution in [2.24, 2.45) is 0 Å². The van der Waals surface area contributed by atoms with Crippen LogP contribution in [0.1, 0.15) is 46.6 Å². The van der Waals surface area contributed by atoms with Crippen molar-refractivity contribution in [3.63, 3.8) is 0 Å². The third-order valence-corrected chi connectivity index (χ3v) is 9.84. The molecule has 0 radical (unpaired) electrons. The van der Waals surface area contributed by atoms with Gasteiger partial charge >= 0.3 is 0 Å². The summed E-state index contributed by atoms with van der Waals surface area (Å²) in [6, 6.07) is 30.2. The molecule has 5 rings (SSSR count). The van der Waals surface area contributed by atoms with Gasteiger partial charge in [-0.15, -0.1) is 5.73 Å². The van der Waals surface area contributed by atoms with Gasteiger partial charge in [0, 0.05) is 27.2 Å². The Kier molecular flexibility index (Phi) is 13.0. The topological polar surface area (TPSA) is 12.5 Å². The Morgan fingerprint density at radius 1 is 0.902 bits per heavy atom. The maximum atomic E-state index is 6.03. The van der Waals surface area contributed by atoms with Crippen LogP contribution in [0.2, 0.25) is 0 Å². The molecule has 4 aromatic rings. The lowest BCUT2D eigenvalue weighted by Gasteiger charge is -2.27. The lowest BCUT2D eigenvalue weighted by molar-refractivity contribution is 0.362. The van der Waals surface area contributed by atoms with Crippen LogP contribution in [0.5, 0.6) is 5.75 Å². The first-order chi connectivity index (χ1) is 24.8. The largest absolute Gasteiger partial charge is 0.488 e. The van der Waals surface area contributed by atoms with E-state index in [0.29, 0.717) is 6.61 Å². The molecule has 1 aliphatic rings. The average molecular weight is 686 g/mol. The number of benzene rings is 4. The number of allylic oxidation sites excluding steroid dienone is 12. The van der Waals surface area contributed by atoms with Gasteiger partial charge < -0.3 is 9.64 Å². The summed E-state index contributed by atoms with van der Waals surface area (Å²) in [5.74, 6) is 0.818. The van der Waals surface area contributed by atoms with E-state index in [1.807, 2.05) is 35.8 Å². The highest BCUT2D eigenvalue weighted by molar-refractivity contribution is 8.06. The van der Waals surface area contributed by atoms with Crippen LogP contribution in [-0.2, 0) is 0 Å². The van der Waals surface area contributed by atoms with Crippen LogP contribution in [0, 0.1) is 0 Å². The van der Waals surface area contributed by atoms with Crippen LogP contribution in [0.4, 0.5) is 11.4 Å². The Hall–Kier alpha value is -5.47. The lowest BCUT2D eigenvalue weighted by Crippen LogP contribution is -2.14. The van der Waals surface area contributed by atoms with E-state index < -0.39 is 0 Å². The highest BCUT2D eigenvalue weighted by Crippen LogP contribution is 2.38. The summed E-state index contributed by atoms with van der Waals surface area (Å²) in [4.78, 5) is 3.60. The summed E-state index contributed by atoms with van der Waals surface area (Å²) in [6.07, 6.45) is 19.6. The van der Waals surface area contributed by atoms with Crippen molar-refractivity contribution in [1.82, 2.24) is 0 Å². The Morgan fingerprint density at radius 3 is 2.45 bits per heavy atom. The molecule has 0 amide bonds. The average Bonchev–Trinajstić information content (AvgIpc) is 3.15. The minimum absolute atomic E-state index is 0.462. The molecule has 4 aromatic carbocycles. The van der Waals surface area contributed by atoms with Gasteiger partial charge in [0.2, 0.25) is 0 Å². The maximum absolute atomic E-state index is 6.03. The summed E-state index contributed by atoms with van der Waals surface area (Å²) in [6.45, 7) is 19.5. The highest BCUT2D eigenvalue weighted by atomic mass is 32.2. The number of ether oxygens (including phenoxy) is 1. The van der Waals surface area contributed by atoms with Gasteiger partial charge in [0.05, 0.1) is 5.69 Å². The predicted octanol–water partition coefficient (Wildman–Crippen LogP) is 14.2. The standard InChI is InChI=1S/C48H47NOS/c1-8-17-48(51-9-2)38(6)24-23-35(3)36(4)25-26-39(7)49(46-22-16-20-41-19-13-14-21-44(41)46)43-30-27-40(28-31-43)42-29-32-47-45(34-42)37(5)18-12-10-11-15-33-50-47/h8-10,12-23,25-32,34H,2,5,24,33H2,1,3-4,6-7H3/b17-8-,18-12-,35-23+,36-25+,39-26+,48-38-. The van der Waals surface area contributed by atoms with Crippen molar-refractivity contribution in [1.29, 1.82) is 0 Å². The number of hydrogen-bond donors (Lipinski definition) is 0. The Balaban J connectivity index is 1.49. The Morgan fingerprint density at radius 2 is 1.67 bits per heavy atom. The summed E-state index contributed by atoms with van der Waals surface area (Å²) < 4.78 is 6.03. The van der Waals surface area contributed by atoms with E-state index in [2.05, 4.69) is 168 Å². The second-order valence-electron chi connectivity index (χ2n) is 12.5. The molecule has 0 aromatic heterocycles. The molecule has 0 bridgehead atoms. The van der Waals surface area contributed by atoms with Crippen molar-refractivity contribution < 1.29 is 4.74 Å². The van der Waals surface area contributed by atoms with Crippen molar-refractivity contribution in [3.8, 4) is 16.9 Å². The minimum atomic E-state index is 0.462. The second kappa shape index (κ2) is 18.0. The lowest BCUT2D eigenvalue weighted by atomic mass is 9.98. The van der Waals surface area contributed by atoms with Gasteiger partial charge in [0.25, 0.3) is 0 Å². The molecule has 256 valence electrons. The van der Waals surface area contributed by atoms with E-state index in [1.54, 1.807) is 11.8 Å².